The van der Waals surface area contributed by atoms with Crippen LogP contribution in [-0.4, -0.2) is 77.3 Å². The van der Waals surface area contributed by atoms with Crippen molar-refractivity contribution in [2.75, 3.05) is 45.9 Å². The molecule has 1 aromatic heterocycles. The van der Waals surface area contributed by atoms with Crippen LogP contribution >= 0.6 is 0 Å². The summed E-state index contributed by atoms with van der Waals surface area (Å²) in [7, 11) is 2.07. The van der Waals surface area contributed by atoms with Gasteiger partial charge in [-0.25, -0.2) is 9.98 Å². The highest BCUT2D eigenvalue weighted by Crippen LogP contribution is 2.18. The topological polar surface area (TPSA) is 57.9 Å². The second-order valence-electron chi connectivity index (χ2n) is 7.28. The average Bonchev–Trinajstić information content (AvgIpc) is 3.32. The van der Waals surface area contributed by atoms with E-state index in [1.54, 1.807) is 0 Å². The van der Waals surface area contributed by atoms with Gasteiger partial charge in [-0.1, -0.05) is 12.1 Å². The van der Waals surface area contributed by atoms with Crippen LogP contribution in [0.25, 0.3) is 11.0 Å². The van der Waals surface area contributed by atoms with Crippen molar-refractivity contribution in [3.8, 4) is 0 Å². The van der Waals surface area contributed by atoms with Gasteiger partial charge in [0.2, 0.25) is 0 Å². The van der Waals surface area contributed by atoms with E-state index >= 15 is 0 Å². The molecule has 7 nitrogen and oxygen atoms in total. The number of nitrogens with one attached hydrogen (secondary N) is 1. The fraction of sp³-hybridized carbons (Fsp3) is 0.600. The number of ether oxygens (including phenoxy) is 1. The lowest BCUT2D eigenvalue weighted by atomic mass is 10.2. The van der Waals surface area contributed by atoms with Gasteiger partial charge >= 0.3 is 0 Å². The first-order chi connectivity index (χ1) is 13.3. The lowest BCUT2D eigenvalue weighted by molar-refractivity contribution is 0.0195. The van der Waals surface area contributed by atoms with Crippen LogP contribution in [-0.2, 0) is 18.3 Å². The molecule has 2 aromatic rings. The van der Waals surface area contributed by atoms with E-state index in [-0.39, 0.29) is 0 Å². The van der Waals surface area contributed by atoms with Gasteiger partial charge in [0.25, 0.3) is 0 Å². The van der Waals surface area contributed by atoms with Crippen molar-refractivity contribution in [1.82, 2.24) is 24.7 Å². The van der Waals surface area contributed by atoms with Gasteiger partial charge in [-0.15, -0.1) is 0 Å². The number of benzene rings is 1. The molecule has 0 bridgehead atoms. The number of morpholine rings is 1. The Balaban J connectivity index is 1.46. The van der Waals surface area contributed by atoms with E-state index < -0.39 is 0 Å². The Morgan fingerprint density at radius 2 is 2.07 bits per heavy atom. The predicted molar refractivity (Wildman–Crippen MR) is 108 cm³/mol. The van der Waals surface area contributed by atoms with Gasteiger partial charge in [0.15, 0.2) is 5.96 Å². The van der Waals surface area contributed by atoms with Gasteiger partial charge in [0.05, 0.1) is 24.2 Å². The van der Waals surface area contributed by atoms with E-state index in [0.29, 0.717) is 12.6 Å². The maximum absolute atomic E-state index is 5.50. The van der Waals surface area contributed by atoms with Crippen LogP contribution in [0.1, 0.15) is 19.2 Å². The number of nitrogens with zero attached hydrogens (tertiary/aromatic N) is 5. The Hall–Kier alpha value is -2.12. The molecule has 3 heterocycles. The number of hydrogen-bond acceptors (Lipinski definition) is 4. The first-order valence-electron chi connectivity index (χ1n) is 10.0. The van der Waals surface area contributed by atoms with Gasteiger partial charge in [0.1, 0.15) is 12.4 Å². The fourth-order valence-electron chi connectivity index (χ4n) is 4.08. The van der Waals surface area contributed by atoms with Crippen LogP contribution in [0.3, 0.4) is 0 Å². The number of guanidine groups is 1. The van der Waals surface area contributed by atoms with E-state index in [1.807, 2.05) is 6.07 Å². The number of imidazole rings is 1. The Morgan fingerprint density at radius 1 is 1.26 bits per heavy atom. The summed E-state index contributed by atoms with van der Waals surface area (Å²) in [5.41, 5.74) is 2.19. The highest BCUT2D eigenvalue weighted by molar-refractivity contribution is 5.80. The molecule has 2 aliphatic rings. The van der Waals surface area contributed by atoms with E-state index in [4.69, 9.17) is 14.7 Å². The number of fused-ring (bicyclic) bond motifs is 1. The first-order valence-corrected chi connectivity index (χ1v) is 10.0. The summed E-state index contributed by atoms with van der Waals surface area (Å²) in [6, 6.07) is 8.85. The number of aliphatic imine (C=N–C) groups is 1. The van der Waals surface area contributed by atoms with Crippen LogP contribution in [0.5, 0.6) is 0 Å². The predicted octanol–water partition coefficient (Wildman–Crippen LogP) is 1.45. The molecule has 1 aromatic carbocycles. The van der Waals surface area contributed by atoms with Crippen molar-refractivity contribution in [2.45, 2.75) is 25.9 Å². The molecule has 2 saturated heterocycles. The average molecular weight is 371 g/mol. The molecule has 0 amide bonds. The number of rotatable bonds is 4. The van der Waals surface area contributed by atoms with E-state index in [2.05, 4.69) is 51.9 Å². The summed E-state index contributed by atoms with van der Waals surface area (Å²) in [6.07, 6.45) is 1.19. The van der Waals surface area contributed by atoms with Crippen molar-refractivity contribution in [1.29, 1.82) is 0 Å². The molecule has 0 saturated carbocycles. The minimum absolute atomic E-state index is 0.590. The molecule has 1 unspecified atom stereocenters. The molecule has 2 fully saturated rings. The Bertz CT molecular complexity index is 795. The largest absolute Gasteiger partial charge is 0.379 e. The zero-order valence-corrected chi connectivity index (χ0v) is 16.4. The quantitative estimate of drug-likeness (QED) is 0.652. The summed E-state index contributed by atoms with van der Waals surface area (Å²) in [5.74, 6) is 2.00. The third-order valence-corrected chi connectivity index (χ3v) is 5.61. The van der Waals surface area contributed by atoms with Crippen LogP contribution in [0, 0.1) is 0 Å². The molecular weight excluding hydrogens is 340 g/mol. The monoisotopic (exact) mass is 370 g/mol. The van der Waals surface area contributed by atoms with Gasteiger partial charge in [-0.3, -0.25) is 4.90 Å². The third-order valence-electron chi connectivity index (χ3n) is 5.61. The molecule has 2 aliphatic heterocycles. The second-order valence-corrected chi connectivity index (χ2v) is 7.28. The minimum Gasteiger partial charge on any atom is -0.379 e. The maximum Gasteiger partial charge on any atom is 0.194 e. The minimum atomic E-state index is 0.590. The van der Waals surface area contributed by atoms with Gasteiger partial charge in [-0.05, 0) is 25.5 Å². The summed E-state index contributed by atoms with van der Waals surface area (Å²) in [5, 5.41) is 3.47. The molecule has 0 aliphatic carbocycles. The highest BCUT2D eigenvalue weighted by atomic mass is 16.5. The van der Waals surface area contributed by atoms with E-state index in [9.17, 15) is 0 Å². The summed E-state index contributed by atoms with van der Waals surface area (Å²) in [6.45, 7) is 9.49. The van der Waals surface area contributed by atoms with Gasteiger partial charge in [0, 0.05) is 45.8 Å². The van der Waals surface area contributed by atoms with Crippen molar-refractivity contribution < 1.29 is 4.74 Å². The molecule has 146 valence electrons. The zero-order valence-electron chi connectivity index (χ0n) is 16.4. The lowest BCUT2D eigenvalue weighted by Crippen LogP contribution is -2.46. The van der Waals surface area contributed by atoms with E-state index in [0.717, 1.165) is 68.8 Å². The SMILES string of the molecule is CCNC(=NCc1nc2ccccc2n1C)N1CCC(N2CCOCC2)C1. The first kappa shape index (κ1) is 18.3. The Labute approximate surface area is 161 Å². The highest BCUT2D eigenvalue weighted by Gasteiger charge is 2.30. The smallest absolute Gasteiger partial charge is 0.194 e. The summed E-state index contributed by atoms with van der Waals surface area (Å²) in [4.78, 5) is 14.6. The van der Waals surface area contributed by atoms with Gasteiger partial charge in [-0.2, -0.15) is 0 Å². The van der Waals surface area contributed by atoms with Gasteiger partial charge < -0.3 is 19.5 Å². The Kier molecular flexibility index (Phi) is 5.59. The lowest BCUT2D eigenvalue weighted by Gasteiger charge is -2.32. The van der Waals surface area contributed by atoms with Crippen molar-refractivity contribution >= 4 is 17.0 Å². The molecule has 1 atom stereocenters. The maximum atomic E-state index is 5.50. The number of aromatic nitrogens is 2. The van der Waals surface area contributed by atoms with Crippen molar-refractivity contribution in [3.63, 3.8) is 0 Å². The number of likely N-dealkylation sites (tertiary alicyclic amines) is 1. The van der Waals surface area contributed by atoms with Crippen LogP contribution in [0.15, 0.2) is 29.3 Å². The molecule has 4 rings (SSSR count). The fourth-order valence-corrected chi connectivity index (χ4v) is 4.08. The normalized spacial score (nSPS) is 21.9. The van der Waals surface area contributed by atoms with Crippen molar-refractivity contribution in [2.24, 2.45) is 12.0 Å². The van der Waals surface area contributed by atoms with Crippen LogP contribution < -0.4 is 5.32 Å². The van der Waals surface area contributed by atoms with Crippen molar-refractivity contribution in [3.05, 3.63) is 30.1 Å². The molecular formula is C20H30N6O. The van der Waals surface area contributed by atoms with E-state index in [1.165, 1.54) is 6.42 Å². The molecule has 0 radical (unpaired) electrons. The number of para-hydroxylation sites is 2. The third kappa shape index (κ3) is 3.94. The summed E-state index contributed by atoms with van der Waals surface area (Å²) < 4.78 is 7.64. The van der Waals surface area contributed by atoms with Crippen LogP contribution in [0.2, 0.25) is 0 Å². The summed E-state index contributed by atoms with van der Waals surface area (Å²) >= 11 is 0. The van der Waals surface area contributed by atoms with Crippen LogP contribution in [0.4, 0.5) is 0 Å². The number of hydrogen-bond donors (Lipinski definition) is 1. The standard InChI is InChI=1S/C20H30N6O/c1-3-21-20(26-9-8-16(15-26)25-10-12-27-13-11-25)22-14-19-23-17-6-4-5-7-18(17)24(19)2/h4-7,16H,3,8-15H2,1-2H3,(H,21,22). The zero-order chi connectivity index (χ0) is 18.6. The Morgan fingerprint density at radius 3 is 2.85 bits per heavy atom. The molecule has 27 heavy (non-hydrogen) atoms. The molecule has 1 N–H and O–H groups in total. The second kappa shape index (κ2) is 8.27. The molecule has 7 heteroatoms. The number of aryl methyl sites for hydroxylation is 1. The molecule has 0 spiro atoms.